The summed E-state index contributed by atoms with van der Waals surface area (Å²) in [6, 6.07) is 7.43. The first-order valence-electron chi connectivity index (χ1n) is 11.0. The minimum atomic E-state index is -0.813. The van der Waals surface area contributed by atoms with Crippen molar-refractivity contribution in [3.8, 4) is 0 Å². The van der Waals surface area contributed by atoms with Crippen LogP contribution in [0, 0.1) is 12.3 Å². The van der Waals surface area contributed by atoms with Gasteiger partial charge in [-0.15, -0.1) is 0 Å². The van der Waals surface area contributed by atoms with Crippen LogP contribution in [0.25, 0.3) is 0 Å². The van der Waals surface area contributed by atoms with E-state index < -0.39 is 5.97 Å². The zero-order valence-corrected chi connectivity index (χ0v) is 17.8. The lowest BCUT2D eigenvalue weighted by Crippen LogP contribution is -2.48. The lowest BCUT2D eigenvalue weighted by atomic mass is 9.69. The molecule has 0 aromatic heterocycles. The molecule has 0 spiro atoms. The second-order valence-corrected chi connectivity index (χ2v) is 8.93. The number of carboxylic acids is 1. The van der Waals surface area contributed by atoms with E-state index in [2.05, 4.69) is 10.6 Å². The number of carbonyl (C=O) groups excluding carboxylic acids is 2. The Bertz CT molecular complexity index is 748. The number of nitrogens with zero attached hydrogens (tertiary/aromatic N) is 1. The molecule has 164 valence electrons. The summed E-state index contributed by atoms with van der Waals surface area (Å²) < 4.78 is 0. The Morgan fingerprint density at radius 1 is 1.03 bits per heavy atom. The van der Waals surface area contributed by atoms with E-state index in [9.17, 15) is 19.5 Å². The van der Waals surface area contributed by atoms with Crippen molar-refractivity contribution in [1.82, 2.24) is 10.2 Å². The number of piperidine rings is 1. The minimum absolute atomic E-state index is 0.0298. The third-order valence-corrected chi connectivity index (χ3v) is 6.46. The number of aliphatic carboxylic acids is 1. The molecule has 2 aliphatic rings. The van der Waals surface area contributed by atoms with Crippen LogP contribution in [0.15, 0.2) is 24.3 Å². The van der Waals surface area contributed by atoms with Crippen molar-refractivity contribution in [3.63, 3.8) is 0 Å². The predicted octanol–water partition coefficient (Wildman–Crippen LogP) is 3.92. The number of urea groups is 1. The fraction of sp³-hybridized carbons (Fsp3) is 0.609. The SMILES string of the molecule is Cc1ccc(NC(=O)NC2CCN(C(=O)CC3(CC(=O)O)CCCCC3)CC2)cc1. The van der Waals surface area contributed by atoms with Crippen molar-refractivity contribution in [3.05, 3.63) is 29.8 Å². The Kier molecular flexibility index (Phi) is 7.34. The summed E-state index contributed by atoms with van der Waals surface area (Å²) in [4.78, 5) is 38.3. The molecule has 3 rings (SSSR count). The summed E-state index contributed by atoms with van der Waals surface area (Å²) in [5, 5.41) is 15.2. The number of hydrogen-bond acceptors (Lipinski definition) is 3. The fourth-order valence-electron chi connectivity index (χ4n) is 4.73. The van der Waals surface area contributed by atoms with Crippen LogP contribution in [-0.2, 0) is 9.59 Å². The van der Waals surface area contributed by atoms with E-state index in [-0.39, 0.29) is 29.8 Å². The highest BCUT2D eigenvalue weighted by Gasteiger charge is 2.38. The minimum Gasteiger partial charge on any atom is -0.481 e. The third-order valence-electron chi connectivity index (χ3n) is 6.46. The molecular formula is C23H33N3O4. The Hall–Kier alpha value is -2.57. The summed E-state index contributed by atoms with van der Waals surface area (Å²) in [6.07, 6.45) is 6.59. The fourth-order valence-corrected chi connectivity index (χ4v) is 4.73. The molecule has 0 radical (unpaired) electrons. The number of amides is 3. The van der Waals surface area contributed by atoms with Gasteiger partial charge in [-0.3, -0.25) is 9.59 Å². The Morgan fingerprint density at radius 3 is 2.27 bits per heavy atom. The average molecular weight is 416 g/mol. The largest absolute Gasteiger partial charge is 0.481 e. The van der Waals surface area contributed by atoms with Crippen LogP contribution in [0.3, 0.4) is 0 Å². The normalized spacial score (nSPS) is 19.2. The number of hydrogen-bond donors (Lipinski definition) is 3. The molecule has 0 unspecified atom stereocenters. The van der Waals surface area contributed by atoms with Crippen molar-refractivity contribution in [2.24, 2.45) is 5.41 Å². The first kappa shape index (κ1) is 22.1. The van der Waals surface area contributed by atoms with Crippen LogP contribution in [0.5, 0.6) is 0 Å². The standard InChI is InChI=1S/C23H33N3O4/c1-17-5-7-18(8-6-17)24-22(30)25-19-9-13-26(14-10-19)20(27)15-23(16-21(28)29)11-3-2-4-12-23/h5-8,19H,2-4,9-16H2,1H3,(H,28,29)(H2,24,25,30). The van der Waals surface area contributed by atoms with Crippen LogP contribution < -0.4 is 10.6 Å². The van der Waals surface area contributed by atoms with Gasteiger partial charge in [0.25, 0.3) is 0 Å². The first-order valence-corrected chi connectivity index (χ1v) is 11.0. The number of likely N-dealkylation sites (tertiary alicyclic amines) is 1. The van der Waals surface area contributed by atoms with E-state index in [1.54, 1.807) is 0 Å². The van der Waals surface area contributed by atoms with Crippen LogP contribution >= 0.6 is 0 Å². The lowest BCUT2D eigenvalue weighted by molar-refractivity contribution is -0.142. The predicted molar refractivity (Wildman–Crippen MR) is 115 cm³/mol. The molecule has 1 aliphatic carbocycles. The molecule has 3 amide bonds. The molecule has 3 N–H and O–H groups in total. The molecule has 1 aliphatic heterocycles. The molecule has 1 aromatic rings. The van der Waals surface area contributed by atoms with Crippen molar-refractivity contribution in [2.45, 2.75) is 70.8 Å². The molecular weight excluding hydrogens is 382 g/mol. The summed E-state index contributed by atoms with van der Waals surface area (Å²) in [6.45, 7) is 3.19. The summed E-state index contributed by atoms with van der Waals surface area (Å²) >= 11 is 0. The van der Waals surface area contributed by atoms with Gasteiger partial charge in [0, 0.05) is 31.2 Å². The molecule has 30 heavy (non-hydrogen) atoms. The quantitative estimate of drug-likeness (QED) is 0.656. The van der Waals surface area contributed by atoms with Gasteiger partial charge >= 0.3 is 12.0 Å². The van der Waals surface area contributed by atoms with E-state index >= 15 is 0 Å². The second-order valence-electron chi connectivity index (χ2n) is 8.93. The van der Waals surface area contributed by atoms with Gasteiger partial charge in [-0.05, 0) is 50.2 Å². The average Bonchev–Trinajstić information content (AvgIpc) is 2.70. The lowest BCUT2D eigenvalue weighted by Gasteiger charge is -2.39. The van der Waals surface area contributed by atoms with Crippen molar-refractivity contribution < 1.29 is 19.5 Å². The summed E-state index contributed by atoms with van der Waals surface area (Å²) in [7, 11) is 0. The number of benzene rings is 1. The number of carboxylic acid groups (broad SMARTS) is 1. The number of rotatable bonds is 6. The van der Waals surface area contributed by atoms with E-state index in [4.69, 9.17) is 0 Å². The van der Waals surface area contributed by atoms with Crippen LogP contribution in [0.1, 0.15) is 63.4 Å². The Morgan fingerprint density at radius 2 is 1.67 bits per heavy atom. The first-order chi connectivity index (χ1) is 14.3. The number of carbonyl (C=O) groups is 3. The van der Waals surface area contributed by atoms with E-state index in [0.29, 0.717) is 32.4 Å². The Labute approximate surface area is 178 Å². The van der Waals surface area contributed by atoms with Crippen molar-refractivity contribution in [1.29, 1.82) is 0 Å². The van der Waals surface area contributed by atoms with Gasteiger partial charge < -0.3 is 20.6 Å². The highest BCUT2D eigenvalue weighted by Crippen LogP contribution is 2.42. The molecule has 1 saturated heterocycles. The van der Waals surface area contributed by atoms with E-state index in [1.807, 2.05) is 36.1 Å². The molecule has 1 heterocycles. The van der Waals surface area contributed by atoms with Crippen LogP contribution in [0.2, 0.25) is 0 Å². The number of aryl methyl sites for hydroxylation is 1. The van der Waals surface area contributed by atoms with Gasteiger partial charge in [0.1, 0.15) is 0 Å². The molecule has 2 fully saturated rings. The maximum absolute atomic E-state index is 12.9. The van der Waals surface area contributed by atoms with E-state index in [1.165, 1.54) is 0 Å². The van der Waals surface area contributed by atoms with Crippen LogP contribution in [0.4, 0.5) is 10.5 Å². The van der Waals surface area contributed by atoms with Gasteiger partial charge in [-0.2, -0.15) is 0 Å². The number of anilines is 1. The third kappa shape index (κ3) is 6.21. The van der Waals surface area contributed by atoms with Crippen molar-refractivity contribution in [2.75, 3.05) is 18.4 Å². The Balaban J connectivity index is 1.46. The van der Waals surface area contributed by atoms with Gasteiger partial charge in [-0.1, -0.05) is 37.0 Å². The van der Waals surface area contributed by atoms with Crippen LogP contribution in [-0.4, -0.2) is 47.0 Å². The zero-order valence-electron chi connectivity index (χ0n) is 17.8. The summed E-state index contributed by atoms with van der Waals surface area (Å²) in [5.74, 6) is -0.757. The molecule has 0 bridgehead atoms. The molecule has 0 atom stereocenters. The molecule has 7 heteroatoms. The van der Waals surface area contributed by atoms with Gasteiger partial charge in [-0.25, -0.2) is 4.79 Å². The maximum Gasteiger partial charge on any atom is 0.319 e. The summed E-state index contributed by atoms with van der Waals surface area (Å²) in [5.41, 5.74) is 1.50. The molecule has 1 saturated carbocycles. The zero-order chi connectivity index (χ0) is 21.6. The van der Waals surface area contributed by atoms with Gasteiger partial charge in [0.15, 0.2) is 0 Å². The van der Waals surface area contributed by atoms with Gasteiger partial charge in [0.05, 0.1) is 6.42 Å². The maximum atomic E-state index is 12.9. The smallest absolute Gasteiger partial charge is 0.319 e. The topological polar surface area (TPSA) is 98.7 Å². The van der Waals surface area contributed by atoms with Crippen molar-refractivity contribution >= 4 is 23.6 Å². The highest BCUT2D eigenvalue weighted by molar-refractivity contribution is 5.89. The number of nitrogens with one attached hydrogen (secondary N) is 2. The second kappa shape index (κ2) is 9.96. The highest BCUT2D eigenvalue weighted by atomic mass is 16.4. The molecule has 7 nitrogen and oxygen atoms in total. The molecule has 1 aromatic carbocycles. The van der Waals surface area contributed by atoms with Gasteiger partial charge in [0.2, 0.25) is 5.91 Å². The monoisotopic (exact) mass is 415 g/mol. The van der Waals surface area contributed by atoms with E-state index in [0.717, 1.165) is 43.4 Å².